The minimum absolute atomic E-state index is 0.0247. The van der Waals surface area contributed by atoms with Crippen LogP contribution in [0.15, 0.2) is 40.6 Å². The molecule has 2 N–H and O–H groups in total. The third-order valence-electron chi connectivity index (χ3n) is 4.17. The average Bonchev–Trinajstić information content (AvgIpc) is 3.12. The highest BCUT2D eigenvalue weighted by atomic mass is 32.2. The highest BCUT2D eigenvalue weighted by Gasteiger charge is 2.32. The van der Waals surface area contributed by atoms with Crippen LogP contribution in [0, 0.1) is 0 Å². The lowest BCUT2D eigenvalue weighted by molar-refractivity contribution is 0.0952. The number of benzene rings is 1. The Morgan fingerprint density at radius 2 is 2.00 bits per heavy atom. The zero-order chi connectivity index (χ0) is 17.9. The van der Waals surface area contributed by atoms with Crippen LogP contribution in [0.3, 0.4) is 0 Å². The lowest BCUT2D eigenvalue weighted by Gasteiger charge is -2.28. The van der Waals surface area contributed by atoms with E-state index in [0.717, 1.165) is 16.9 Å². The first-order valence-corrected chi connectivity index (χ1v) is 10.4. The molecule has 3 rings (SSSR count). The van der Waals surface area contributed by atoms with E-state index in [-0.39, 0.29) is 16.4 Å². The Bertz CT molecular complexity index is 861. The van der Waals surface area contributed by atoms with E-state index in [9.17, 15) is 13.2 Å². The van der Waals surface area contributed by atoms with Crippen LogP contribution in [0.5, 0.6) is 0 Å². The van der Waals surface area contributed by atoms with Gasteiger partial charge in [-0.2, -0.15) is 4.31 Å². The maximum absolute atomic E-state index is 13.0. The van der Waals surface area contributed by atoms with Crippen LogP contribution in [0.4, 0.5) is 0 Å². The Hall–Kier alpha value is -1.74. The first-order valence-electron chi connectivity index (χ1n) is 8.07. The van der Waals surface area contributed by atoms with Crippen LogP contribution in [-0.2, 0) is 23.0 Å². The molecule has 1 aromatic heterocycles. The molecule has 0 radical (unpaired) electrons. The second-order valence-electron chi connectivity index (χ2n) is 5.80. The number of rotatable bonds is 6. The number of nitrogens with one attached hydrogen (secondary N) is 1. The van der Waals surface area contributed by atoms with Gasteiger partial charge in [-0.05, 0) is 35.4 Å². The first-order chi connectivity index (χ1) is 12.0. The molecule has 1 aromatic carbocycles. The van der Waals surface area contributed by atoms with E-state index in [1.807, 2.05) is 24.3 Å². The molecule has 2 aromatic rings. The molecular formula is C17H20N2O4S2. The SMILES string of the molecule is O=C(NCCCO)c1sccc1S(=O)(=O)N1CCc2ccccc2C1. The summed E-state index contributed by atoms with van der Waals surface area (Å²) in [4.78, 5) is 12.5. The number of aliphatic hydroxyl groups is 1. The molecule has 0 unspecified atom stereocenters. The Morgan fingerprint density at radius 3 is 2.76 bits per heavy atom. The van der Waals surface area contributed by atoms with E-state index in [2.05, 4.69) is 5.32 Å². The molecule has 6 nitrogen and oxygen atoms in total. The lowest BCUT2D eigenvalue weighted by atomic mass is 10.0. The molecule has 1 aliphatic rings. The summed E-state index contributed by atoms with van der Waals surface area (Å²) in [7, 11) is -3.73. The molecule has 2 heterocycles. The minimum Gasteiger partial charge on any atom is -0.396 e. The van der Waals surface area contributed by atoms with Crippen molar-refractivity contribution in [2.45, 2.75) is 24.3 Å². The van der Waals surface area contributed by atoms with Gasteiger partial charge in [0.1, 0.15) is 9.77 Å². The van der Waals surface area contributed by atoms with Crippen LogP contribution in [0.25, 0.3) is 0 Å². The molecule has 0 saturated carbocycles. The summed E-state index contributed by atoms with van der Waals surface area (Å²) in [5.74, 6) is -0.417. The summed E-state index contributed by atoms with van der Waals surface area (Å²) >= 11 is 1.11. The van der Waals surface area contributed by atoms with Crippen LogP contribution in [-0.4, -0.2) is 43.4 Å². The van der Waals surface area contributed by atoms with Crippen molar-refractivity contribution in [1.82, 2.24) is 9.62 Å². The predicted molar refractivity (Wildman–Crippen MR) is 96.1 cm³/mol. The fraction of sp³-hybridized carbons (Fsp3) is 0.353. The van der Waals surface area contributed by atoms with Crippen LogP contribution < -0.4 is 5.32 Å². The van der Waals surface area contributed by atoms with E-state index in [1.54, 1.807) is 5.38 Å². The van der Waals surface area contributed by atoms with E-state index in [4.69, 9.17) is 5.11 Å². The van der Waals surface area contributed by atoms with Gasteiger partial charge in [-0.3, -0.25) is 4.79 Å². The normalized spacial score (nSPS) is 14.9. The van der Waals surface area contributed by atoms with Crippen molar-refractivity contribution in [3.8, 4) is 0 Å². The molecule has 0 atom stereocenters. The predicted octanol–water partition coefficient (Wildman–Crippen LogP) is 1.61. The number of thiophene rings is 1. The largest absolute Gasteiger partial charge is 0.396 e. The van der Waals surface area contributed by atoms with Crippen molar-refractivity contribution >= 4 is 27.3 Å². The fourth-order valence-electron chi connectivity index (χ4n) is 2.84. The number of carbonyl (C=O) groups excluding carboxylic acids is 1. The molecule has 0 fully saturated rings. The van der Waals surface area contributed by atoms with E-state index in [1.165, 1.54) is 15.9 Å². The number of sulfonamides is 1. The summed E-state index contributed by atoms with van der Waals surface area (Å²) in [6, 6.07) is 9.30. The smallest absolute Gasteiger partial charge is 0.262 e. The summed E-state index contributed by atoms with van der Waals surface area (Å²) in [5.41, 5.74) is 2.17. The quantitative estimate of drug-likeness (QED) is 0.746. The Morgan fingerprint density at radius 1 is 1.24 bits per heavy atom. The molecule has 8 heteroatoms. The van der Waals surface area contributed by atoms with E-state index >= 15 is 0 Å². The van der Waals surface area contributed by atoms with Gasteiger partial charge in [0.05, 0.1) is 0 Å². The van der Waals surface area contributed by atoms with Gasteiger partial charge in [-0.25, -0.2) is 8.42 Å². The Balaban J connectivity index is 1.82. The number of amides is 1. The molecule has 0 spiro atoms. The number of nitrogens with zero attached hydrogens (tertiary/aromatic N) is 1. The zero-order valence-electron chi connectivity index (χ0n) is 13.6. The lowest BCUT2D eigenvalue weighted by Crippen LogP contribution is -2.37. The van der Waals surface area contributed by atoms with Gasteiger partial charge >= 0.3 is 0 Å². The first kappa shape index (κ1) is 18.1. The number of carbonyl (C=O) groups is 1. The Labute approximate surface area is 151 Å². The zero-order valence-corrected chi connectivity index (χ0v) is 15.3. The third-order valence-corrected chi connectivity index (χ3v) is 7.10. The summed E-state index contributed by atoms with van der Waals surface area (Å²) in [6.07, 6.45) is 1.10. The maximum atomic E-state index is 13.0. The van der Waals surface area contributed by atoms with Crippen molar-refractivity contribution in [3.05, 3.63) is 51.7 Å². The topological polar surface area (TPSA) is 86.7 Å². The number of fused-ring (bicyclic) bond motifs is 1. The number of hydrogen-bond donors (Lipinski definition) is 2. The summed E-state index contributed by atoms with van der Waals surface area (Å²) in [5, 5.41) is 13.1. The average molecular weight is 380 g/mol. The molecule has 1 amide bonds. The second-order valence-corrected chi connectivity index (χ2v) is 8.63. The van der Waals surface area contributed by atoms with Gasteiger partial charge in [-0.15, -0.1) is 11.3 Å². The minimum atomic E-state index is -3.73. The van der Waals surface area contributed by atoms with Gasteiger partial charge < -0.3 is 10.4 Å². The fourth-order valence-corrected chi connectivity index (χ4v) is 5.58. The summed E-state index contributed by atoms with van der Waals surface area (Å²) in [6.45, 7) is 1.01. The number of aliphatic hydroxyl groups excluding tert-OH is 1. The number of hydrogen-bond acceptors (Lipinski definition) is 5. The molecule has 0 bridgehead atoms. The molecule has 1 aliphatic heterocycles. The summed E-state index contributed by atoms with van der Waals surface area (Å²) < 4.78 is 27.5. The van der Waals surface area contributed by atoms with Crippen LogP contribution >= 0.6 is 11.3 Å². The van der Waals surface area contributed by atoms with Crippen molar-refractivity contribution in [3.63, 3.8) is 0 Å². The standard InChI is InChI=1S/C17H20N2O4S2/c20-10-3-8-18-17(21)16-15(7-11-24-16)25(22,23)19-9-6-13-4-1-2-5-14(13)12-19/h1-2,4-5,7,11,20H,3,6,8-10,12H2,(H,18,21). The highest BCUT2D eigenvalue weighted by Crippen LogP contribution is 2.29. The molecular weight excluding hydrogens is 360 g/mol. The van der Waals surface area contributed by atoms with Gasteiger partial charge in [0, 0.05) is 26.2 Å². The highest BCUT2D eigenvalue weighted by molar-refractivity contribution is 7.89. The van der Waals surface area contributed by atoms with Crippen LogP contribution in [0.2, 0.25) is 0 Å². The molecule has 134 valence electrons. The molecule has 0 aliphatic carbocycles. The van der Waals surface area contributed by atoms with Gasteiger partial charge in [0.2, 0.25) is 10.0 Å². The van der Waals surface area contributed by atoms with Crippen molar-refractivity contribution < 1.29 is 18.3 Å². The van der Waals surface area contributed by atoms with E-state index in [0.29, 0.717) is 32.5 Å². The van der Waals surface area contributed by atoms with Gasteiger partial charge in [0.15, 0.2) is 0 Å². The third kappa shape index (κ3) is 3.77. The van der Waals surface area contributed by atoms with Gasteiger partial charge in [-0.1, -0.05) is 24.3 Å². The van der Waals surface area contributed by atoms with Gasteiger partial charge in [0.25, 0.3) is 5.91 Å². The molecule has 0 saturated heterocycles. The van der Waals surface area contributed by atoms with Crippen molar-refractivity contribution in [2.75, 3.05) is 19.7 Å². The Kier molecular flexibility index (Phi) is 5.53. The molecule has 25 heavy (non-hydrogen) atoms. The maximum Gasteiger partial charge on any atom is 0.262 e. The van der Waals surface area contributed by atoms with Crippen molar-refractivity contribution in [1.29, 1.82) is 0 Å². The monoisotopic (exact) mass is 380 g/mol. The van der Waals surface area contributed by atoms with Crippen molar-refractivity contribution in [2.24, 2.45) is 0 Å². The second kappa shape index (κ2) is 7.65. The van der Waals surface area contributed by atoms with Crippen LogP contribution in [0.1, 0.15) is 27.2 Å². The van der Waals surface area contributed by atoms with E-state index < -0.39 is 15.9 Å².